The van der Waals surface area contributed by atoms with Crippen molar-refractivity contribution in [2.45, 2.75) is 12.8 Å². The Bertz CT molecular complexity index is 540. The Labute approximate surface area is 113 Å². The molecule has 2 aromatic heterocycles. The van der Waals surface area contributed by atoms with E-state index < -0.39 is 0 Å². The van der Waals surface area contributed by atoms with Crippen molar-refractivity contribution < 1.29 is 14.3 Å². The number of Topliss-reactive ketones (excluding diaryl/α,β-unsaturated/α-hetero) is 1. The van der Waals surface area contributed by atoms with Crippen LogP contribution >= 0.6 is 22.7 Å². The Morgan fingerprint density at radius 1 is 1.22 bits per heavy atom. The molecule has 0 bridgehead atoms. The monoisotopic (exact) mass is 280 g/mol. The molecule has 0 saturated carbocycles. The van der Waals surface area contributed by atoms with Gasteiger partial charge in [-0.3, -0.25) is 9.59 Å². The highest BCUT2D eigenvalue weighted by Crippen LogP contribution is 2.28. The summed E-state index contributed by atoms with van der Waals surface area (Å²) in [5.74, 6) is -0.357. The molecule has 0 amide bonds. The fraction of sp³-hybridized carbons (Fsp3) is 0.231. The molecule has 0 aliphatic heterocycles. The normalized spacial score (nSPS) is 10.3. The minimum atomic E-state index is -0.349. The molecule has 0 fully saturated rings. The fourth-order valence-corrected chi connectivity index (χ4v) is 3.05. The zero-order valence-electron chi connectivity index (χ0n) is 9.84. The Morgan fingerprint density at radius 2 is 2.06 bits per heavy atom. The Balaban J connectivity index is 2.02. The summed E-state index contributed by atoms with van der Waals surface area (Å²) in [6, 6.07) is 3.90. The molecule has 0 aromatic carbocycles. The highest BCUT2D eigenvalue weighted by atomic mass is 32.1. The highest BCUT2D eigenvalue weighted by molar-refractivity contribution is 7.12. The lowest BCUT2D eigenvalue weighted by Crippen LogP contribution is -2.04. The van der Waals surface area contributed by atoms with Gasteiger partial charge in [-0.2, -0.15) is 11.3 Å². The molecule has 0 aliphatic carbocycles. The first kappa shape index (κ1) is 13.0. The Kier molecular flexibility index (Phi) is 4.28. The molecule has 2 heterocycles. The molecule has 0 spiro atoms. The second kappa shape index (κ2) is 5.93. The predicted octanol–water partition coefficient (Wildman–Crippen LogP) is 3.61. The van der Waals surface area contributed by atoms with Crippen LogP contribution in [0.4, 0.5) is 0 Å². The van der Waals surface area contributed by atoms with Gasteiger partial charge < -0.3 is 4.74 Å². The van der Waals surface area contributed by atoms with Crippen LogP contribution < -0.4 is 0 Å². The number of ether oxygens (including phenoxy) is 1. The summed E-state index contributed by atoms with van der Waals surface area (Å²) in [4.78, 5) is 23.5. The molecule has 2 rings (SSSR count). The maximum absolute atomic E-state index is 11.9. The SMILES string of the molecule is COC(=O)CCC(=O)c1cc(-c2ccsc2)cs1. The van der Waals surface area contributed by atoms with E-state index >= 15 is 0 Å². The smallest absolute Gasteiger partial charge is 0.305 e. The van der Waals surface area contributed by atoms with Crippen molar-refractivity contribution in [2.75, 3.05) is 7.11 Å². The molecule has 0 unspecified atom stereocenters. The summed E-state index contributed by atoms with van der Waals surface area (Å²) in [6.45, 7) is 0. The number of methoxy groups -OCH3 is 1. The van der Waals surface area contributed by atoms with Crippen molar-refractivity contribution >= 4 is 34.4 Å². The van der Waals surface area contributed by atoms with E-state index in [1.54, 1.807) is 11.3 Å². The first-order valence-electron chi connectivity index (χ1n) is 5.42. The van der Waals surface area contributed by atoms with E-state index in [2.05, 4.69) is 4.74 Å². The largest absolute Gasteiger partial charge is 0.469 e. The van der Waals surface area contributed by atoms with Crippen LogP contribution in [0.1, 0.15) is 22.5 Å². The minimum absolute atomic E-state index is 0.00752. The van der Waals surface area contributed by atoms with Gasteiger partial charge in [-0.15, -0.1) is 11.3 Å². The average Bonchev–Trinajstić information content (AvgIpc) is 3.04. The number of ketones is 1. The summed E-state index contributed by atoms with van der Waals surface area (Å²) in [5.41, 5.74) is 2.19. The summed E-state index contributed by atoms with van der Waals surface area (Å²) in [7, 11) is 1.33. The first-order chi connectivity index (χ1) is 8.70. The number of carbonyl (C=O) groups is 2. The number of esters is 1. The molecule has 94 valence electrons. The van der Waals surface area contributed by atoms with Crippen molar-refractivity contribution in [1.82, 2.24) is 0 Å². The third-order valence-corrected chi connectivity index (χ3v) is 4.17. The number of hydrogen-bond donors (Lipinski definition) is 0. The molecular formula is C13H12O3S2. The molecule has 2 aromatic rings. The van der Waals surface area contributed by atoms with Crippen LogP contribution in [-0.2, 0) is 9.53 Å². The Morgan fingerprint density at radius 3 is 2.72 bits per heavy atom. The van der Waals surface area contributed by atoms with Crippen molar-refractivity contribution in [3.63, 3.8) is 0 Å². The van der Waals surface area contributed by atoms with E-state index in [9.17, 15) is 9.59 Å². The fourth-order valence-electron chi connectivity index (χ4n) is 1.50. The Hall–Kier alpha value is -1.46. The van der Waals surface area contributed by atoms with Gasteiger partial charge in [-0.05, 0) is 39.4 Å². The zero-order valence-corrected chi connectivity index (χ0v) is 11.5. The molecule has 0 radical (unpaired) electrons. The molecule has 0 saturated heterocycles. The maximum Gasteiger partial charge on any atom is 0.305 e. The molecule has 5 heteroatoms. The third kappa shape index (κ3) is 3.05. The number of rotatable bonds is 5. The van der Waals surface area contributed by atoms with Gasteiger partial charge in [0.1, 0.15) is 0 Å². The van der Waals surface area contributed by atoms with Gasteiger partial charge in [-0.1, -0.05) is 0 Å². The van der Waals surface area contributed by atoms with Gasteiger partial charge in [0.25, 0.3) is 0 Å². The van der Waals surface area contributed by atoms with Crippen molar-refractivity contribution in [3.8, 4) is 11.1 Å². The maximum atomic E-state index is 11.9. The van der Waals surface area contributed by atoms with Gasteiger partial charge in [-0.25, -0.2) is 0 Å². The van der Waals surface area contributed by atoms with E-state index in [0.29, 0.717) is 4.88 Å². The summed E-state index contributed by atoms with van der Waals surface area (Å²) in [6.07, 6.45) is 0.345. The molecule has 18 heavy (non-hydrogen) atoms. The summed E-state index contributed by atoms with van der Waals surface area (Å²) in [5, 5.41) is 6.02. The molecule has 0 atom stereocenters. The first-order valence-corrected chi connectivity index (χ1v) is 7.24. The second-order valence-electron chi connectivity index (χ2n) is 3.71. The highest BCUT2D eigenvalue weighted by Gasteiger charge is 2.12. The van der Waals surface area contributed by atoms with Gasteiger partial charge in [0.2, 0.25) is 0 Å². The lowest BCUT2D eigenvalue weighted by atomic mass is 10.1. The van der Waals surface area contributed by atoms with Crippen molar-refractivity contribution in [2.24, 2.45) is 0 Å². The van der Waals surface area contributed by atoms with Crippen molar-refractivity contribution in [3.05, 3.63) is 33.2 Å². The molecule has 0 N–H and O–H groups in total. The van der Waals surface area contributed by atoms with Crippen LogP contribution in [-0.4, -0.2) is 18.9 Å². The van der Waals surface area contributed by atoms with E-state index in [0.717, 1.165) is 11.1 Å². The average molecular weight is 280 g/mol. The number of carbonyl (C=O) groups excluding carboxylic acids is 2. The van der Waals surface area contributed by atoms with E-state index in [1.165, 1.54) is 18.4 Å². The minimum Gasteiger partial charge on any atom is -0.469 e. The third-order valence-electron chi connectivity index (χ3n) is 2.51. The van der Waals surface area contributed by atoms with Crippen molar-refractivity contribution in [1.29, 1.82) is 0 Å². The van der Waals surface area contributed by atoms with Gasteiger partial charge in [0, 0.05) is 6.42 Å². The van der Waals surface area contributed by atoms with Gasteiger partial charge in [0.15, 0.2) is 5.78 Å². The van der Waals surface area contributed by atoms with E-state index in [4.69, 9.17) is 0 Å². The predicted molar refractivity (Wildman–Crippen MR) is 73.2 cm³/mol. The zero-order chi connectivity index (χ0) is 13.0. The lowest BCUT2D eigenvalue weighted by molar-refractivity contribution is -0.140. The van der Waals surface area contributed by atoms with Crippen LogP contribution in [0.2, 0.25) is 0 Å². The van der Waals surface area contributed by atoms with Gasteiger partial charge >= 0.3 is 5.97 Å². The quantitative estimate of drug-likeness (QED) is 0.620. The van der Waals surface area contributed by atoms with E-state index in [1.807, 2.05) is 28.3 Å². The van der Waals surface area contributed by atoms with Crippen LogP contribution in [0, 0.1) is 0 Å². The van der Waals surface area contributed by atoms with Crippen LogP contribution in [0.15, 0.2) is 28.3 Å². The van der Waals surface area contributed by atoms with Crippen LogP contribution in [0.25, 0.3) is 11.1 Å². The van der Waals surface area contributed by atoms with Crippen LogP contribution in [0.3, 0.4) is 0 Å². The standard InChI is InChI=1S/C13H12O3S2/c1-16-13(15)3-2-11(14)12-6-10(8-18-12)9-4-5-17-7-9/h4-8H,2-3H2,1H3. The second-order valence-corrected chi connectivity index (χ2v) is 5.40. The lowest BCUT2D eigenvalue weighted by Gasteiger charge is -1.97. The molecular weight excluding hydrogens is 268 g/mol. The number of thiophene rings is 2. The number of hydrogen-bond acceptors (Lipinski definition) is 5. The topological polar surface area (TPSA) is 43.4 Å². The summed E-state index contributed by atoms with van der Waals surface area (Å²) < 4.78 is 4.51. The van der Waals surface area contributed by atoms with E-state index in [-0.39, 0.29) is 24.6 Å². The molecule has 0 aliphatic rings. The van der Waals surface area contributed by atoms with Gasteiger partial charge in [0.05, 0.1) is 18.4 Å². The summed E-state index contributed by atoms with van der Waals surface area (Å²) >= 11 is 3.05. The molecule has 3 nitrogen and oxygen atoms in total. The van der Waals surface area contributed by atoms with Crippen LogP contribution in [0.5, 0.6) is 0 Å².